The summed E-state index contributed by atoms with van der Waals surface area (Å²) < 4.78 is 16.3. The Kier molecular flexibility index (Phi) is 29.7. The number of ether oxygens (including phenoxy) is 3. The molecule has 1 N–H and O–H groups in total. The highest BCUT2D eigenvalue weighted by molar-refractivity contribution is 5.70. The van der Waals surface area contributed by atoms with Gasteiger partial charge in [-0.2, -0.15) is 0 Å². The van der Waals surface area contributed by atoms with Gasteiger partial charge in [-0.1, -0.05) is 154 Å². The number of aliphatic hydroxyl groups excluding tert-OH is 1. The van der Waals surface area contributed by atoms with Crippen molar-refractivity contribution in [2.24, 2.45) is 5.92 Å². The van der Waals surface area contributed by atoms with Crippen LogP contribution in [0, 0.1) is 5.92 Å². The third kappa shape index (κ3) is 29.0. The standard InChI is InChI=1S/C42H74O6/c1-4-5-6-7-8-14-18-21-26-31-39-40(48-39)32-27-23-24-28-33-41(44)46-36-38(35-43)47-42(45)34-29-22-19-16-13-11-9-10-12-15-17-20-25-30-37(2)3/h8,14,21,23,26-27,37-40,43H,4-7,9-13,15-20,22,24-25,28-36H2,1-3H3/b14-8-,26-21-,27-23-/t38-,39?,40?/m0/s1. The minimum Gasteiger partial charge on any atom is -0.462 e. The molecule has 1 aliphatic rings. The molecule has 278 valence electrons. The topological polar surface area (TPSA) is 85.4 Å². The molecule has 1 heterocycles. The first-order valence-corrected chi connectivity index (χ1v) is 20.0. The van der Waals surface area contributed by atoms with Crippen LogP contribution in [0.5, 0.6) is 0 Å². The van der Waals surface area contributed by atoms with Gasteiger partial charge in [0, 0.05) is 12.8 Å². The number of carbonyl (C=O) groups excluding carboxylic acids is 2. The second kappa shape index (κ2) is 32.3. The summed E-state index contributed by atoms with van der Waals surface area (Å²) in [5.74, 6) is 0.179. The molecule has 0 spiro atoms. The maximum absolute atomic E-state index is 12.2. The Hall–Kier alpha value is -1.92. The highest BCUT2D eigenvalue weighted by Crippen LogP contribution is 2.29. The molecular formula is C42H74O6. The fourth-order valence-corrected chi connectivity index (χ4v) is 5.83. The van der Waals surface area contributed by atoms with Crippen LogP contribution < -0.4 is 0 Å². The maximum Gasteiger partial charge on any atom is 0.306 e. The fraction of sp³-hybridized carbons (Fsp3) is 0.810. The molecule has 6 nitrogen and oxygen atoms in total. The first-order chi connectivity index (χ1) is 23.5. The van der Waals surface area contributed by atoms with Crippen molar-refractivity contribution in [2.45, 2.75) is 200 Å². The molecule has 0 aliphatic carbocycles. The van der Waals surface area contributed by atoms with Gasteiger partial charge in [0.25, 0.3) is 0 Å². The van der Waals surface area contributed by atoms with Crippen LogP contribution in [0.15, 0.2) is 36.5 Å². The summed E-state index contributed by atoms with van der Waals surface area (Å²) in [5, 5.41) is 9.56. The number of allylic oxidation sites excluding steroid dienone is 4. The lowest BCUT2D eigenvalue weighted by molar-refractivity contribution is -0.161. The number of aliphatic hydroxyl groups is 1. The molecule has 0 amide bonds. The number of unbranched alkanes of at least 4 members (excludes halogenated alkanes) is 16. The van der Waals surface area contributed by atoms with E-state index >= 15 is 0 Å². The number of hydrogen-bond donors (Lipinski definition) is 1. The zero-order chi connectivity index (χ0) is 34.9. The molecule has 6 heteroatoms. The van der Waals surface area contributed by atoms with E-state index in [1.807, 2.05) is 0 Å². The monoisotopic (exact) mass is 675 g/mol. The molecular weight excluding hydrogens is 600 g/mol. The van der Waals surface area contributed by atoms with E-state index in [0.29, 0.717) is 31.5 Å². The number of epoxide rings is 1. The average Bonchev–Trinajstić information content (AvgIpc) is 3.83. The lowest BCUT2D eigenvalue weighted by Crippen LogP contribution is -2.28. The van der Waals surface area contributed by atoms with Crippen molar-refractivity contribution < 1.29 is 28.9 Å². The van der Waals surface area contributed by atoms with Crippen LogP contribution in [0.3, 0.4) is 0 Å². The number of carbonyl (C=O) groups is 2. The van der Waals surface area contributed by atoms with Crippen LogP contribution in [0.2, 0.25) is 0 Å². The van der Waals surface area contributed by atoms with Gasteiger partial charge in [0.1, 0.15) is 6.61 Å². The van der Waals surface area contributed by atoms with Crippen LogP contribution in [0.25, 0.3) is 0 Å². The number of esters is 2. The van der Waals surface area contributed by atoms with E-state index in [4.69, 9.17) is 14.2 Å². The molecule has 2 unspecified atom stereocenters. The Bertz CT molecular complexity index is 847. The van der Waals surface area contributed by atoms with E-state index in [2.05, 4.69) is 57.2 Å². The summed E-state index contributed by atoms with van der Waals surface area (Å²) in [6, 6.07) is 0. The molecule has 1 fully saturated rings. The van der Waals surface area contributed by atoms with E-state index in [0.717, 1.165) is 50.9 Å². The first kappa shape index (κ1) is 44.1. The van der Waals surface area contributed by atoms with Crippen LogP contribution in [-0.2, 0) is 23.8 Å². The van der Waals surface area contributed by atoms with Crippen LogP contribution in [-0.4, -0.2) is 48.6 Å². The van der Waals surface area contributed by atoms with E-state index in [1.54, 1.807) is 0 Å². The second-order valence-electron chi connectivity index (χ2n) is 14.2. The highest BCUT2D eigenvalue weighted by atomic mass is 16.6. The van der Waals surface area contributed by atoms with Crippen molar-refractivity contribution in [1.29, 1.82) is 0 Å². The van der Waals surface area contributed by atoms with Gasteiger partial charge in [-0.25, -0.2) is 0 Å². The summed E-state index contributed by atoms with van der Waals surface area (Å²) >= 11 is 0. The minimum atomic E-state index is -0.797. The summed E-state index contributed by atoms with van der Waals surface area (Å²) in [7, 11) is 0. The number of hydrogen-bond acceptors (Lipinski definition) is 6. The summed E-state index contributed by atoms with van der Waals surface area (Å²) in [5.41, 5.74) is 0. The van der Waals surface area contributed by atoms with Crippen molar-refractivity contribution in [3.05, 3.63) is 36.5 Å². The van der Waals surface area contributed by atoms with Gasteiger partial charge in [0.05, 0.1) is 18.8 Å². The average molecular weight is 675 g/mol. The maximum atomic E-state index is 12.2. The highest BCUT2D eigenvalue weighted by Gasteiger charge is 2.35. The van der Waals surface area contributed by atoms with Crippen molar-refractivity contribution in [3.8, 4) is 0 Å². The SMILES string of the molecule is CCCCC/C=C\C/C=C\CC1OC1C/C=C\CCCC(=O)OC[C@H](CO)OC(=O)CCCCCCCCCCCCCCCC(C)C. The van der Waals surface area contributed by atoms with Crippen molar-refractivity contribution in [2.75, 3.05) is 13.2 Å². The van der Waals surface area contributed by atoms with Crippen LogP contribution >= 0.6 is 0 Å². The third-order valence-corrected chi connectivity index (χ3v) is 9.02. The Morgan fingerprint density at radius 2 is 1.17 bits per heavy atom. The normalized spacial score (nSPS) is 16.9. The molecule has 0 aromatic rings. The molecule has 0 saturated carbocycles. The summed E-state index contributed by atoms with van der Waals surface area (Å²) in [4.78, 5) is 24.3. The van der Waals surface area contributed by atoms with Crippen LogP contribution in [0.1, 0.15) is 181 Å². The van der Waals surface area contributed by atoms with Crippen molar-refractivity contribution in [1.82, 2.24) is 0 Å². The lowest BCUT2D eigenvalue weighted by Gasteiger charge is -2.15. The molecule has 1 aliphatic heterocycles. The predicted molar refractivity (Wildman–Crippen MR) is 200 cm³/mol. The van der Waals surface area contributed by atoms with Gasteiger partial charge in [-0.3, -0.25) is 9.59 Å². The molecule has 0 aromatic carbocycles. The van der Waals surface area contributed by atoms with Gasteiger partial charge in [-0.15, -0.1) is 0 Å². The third-order valence-electron chi connectivity index (χ3n) is 9.02. The molecule has 0 bridgehead atoms. The number of rotatable bonds is 34. The van der Waals surface area contributed by atoms with E-state index in [9.17, 15) is 14.7 Å². The lowest BCUT2D eigenvalue weighted by atomic mass is 10.0. The molecule has 48 heavy (non-hydrogen) atoms. The zero-order valence-electron chi connectivity index (χ0n) is 31.4. The van der Waals surface area contributed by atoms with Crippen molar-refractivity contribution in [3.63, 3.8) is 0 Å². The summed E-state index contributed by atoms with van der Waals surface area (Å²) in [6.07, 6.45) is 40.9. The van der Waals surface area contributed by atoms with Crippen LogP contribution in [0.4, 0.5) is 0 Å². The Morgan fingerprint density at radius 1 is 0.646 bits per heavy atom. The van der Waals surface area contributed by atoms with Gasteiger partial charge < -0.3 is 19.3 Å². The first-order valence-electron chi connectivity index (χ1n) is 20.0. The van der Waals surface area contributed by atoms with Crippen molar-refractivity contribution >= 4 is 11.9 Å². The largest absolute Gasteiger partial charge is 0.462 e. The molecule has 3 atom stereocenters. The molecule has 0 radical (unpaired) electrons. The molecule has 1 saturated heterocycles. The van der Waals surface area contributed by atoms with Gasteiger partial charge in [-0.05, 0) is 57.3 Å². The fourth-order valence-electron chi connectivity index (χ4n) is 5.83. The zero-order valence-corrected chi connectivity index (χ0v) is 31.4. The quantitative estimate of drug-likeness (QED) is 0.0316. The predicted octanol–water partition coefficient (Wildman–Crippen LogP) is 11.3. The van der Waals surface area contributed by atoms with Gasteiger partial charge in [0.2, 0.25) is 0 Å². The Morgan fingerprint density at radius 3 is 1.77 bits per heavy atom. The van der Waals surface area contributed by atoms with Gasteiger partial charge in [0.15, 0.2) is 6.10 Å². The molecule has 1 rings (SSSR count). The van der Waals surface area contributed by atoms with E-state index in [1.165, 1.54) is 96.3 Å². The Balaban J connectivity index is 1.92. The van der Waals surface area contributed by atoms with Gasteiger partial charge >= 0.3 is 11.9 Å². The molecule has 0 aromatic heterocycles. The summed E-state index contributed by atoms with van der Waals surface area (Å²) in [6.45, 7) is 6.40. The Labute approximate surface area is 295 Å². The second-order valence-corrected chi connectivity index (χ2v) is 14.2. The minimum absolute atomic E-state index is 0.0981. The van der Waals surface area contributed by atoms with E-state index < -0.39 is 6.10 Å². The van der Waals surface area contributed by atoms with E-state index in [-0.39, 0.29) is 25.2 Å². The smallest absolute Gasteiger partial charge is 0.306 e.